The Morgan fingerprint density at radius 2 is 2.03 bits per heavy atom. The standard InChI is InChI=1S/C24H28N2O3/c1-17-23(24(28)29-16-19-6-3-2-4-7-19)21-14-18(9-10-22(21)25-17)11-13-26-12-5-8-20(26)15-27/h2-4,6-7,9-10,14,20,25,27H,5,8,11-13,15-16H2,1H3/t20-/m1/s1. The zero-order valence-corrected chi connectivity index (χ0v) is 16.9. The molecule has 0 spiro atoms. The van der Waals surface area contributed by atoms with E-state index in [1.54, 1.807) is 0 Å². The predicted octanol–water partition coefficient (Wildman–Crippen LogP) is 3.83. The number of rotatable bonds is 7. The van der Waals surface area contributed by atoms with Crippen molar-refractivity contribution >= 4 is 16.9 Å². The van der Waals surface area contributed by atoms with Crippen molar-refractivity contribution in [3.05, 3.63) is 70.9 Å². The van der Waals surface area contributed by atoms with Crippen LogP contribution in [0.5, 0.6) is 0 Å². The third kappa shape index (κ3) is 4.36. The van der Waals surface area contributed by atoms with Gasteiger partial charge in [-0.1, -0.05) is 36.4 Å². The van der Waals surface area contributed by atoms with Crippen molar-refractivity contribution in [3.63, 3.8) is 0 Å². The van der Waals surface area contributed by atoms with Gasteiger partial charge < -0.3 is 14.8 Å². The van der Waals surface area contributed by atoms with Crippen molar-refractivity contribution in [3.8, 4) is 0 Å². The highest BCUT2D eigenvalue weighted by atomic mass is 16.5. The number of aromatic nitrogens is 1. The SMILES string of the molecule is Cc1[nH]c2ccc(CCN3CCC[C@@H]3CO)cc2c1C(=O)OCc1ccccc1. The fourth-order valence-corrected chi connectivity index (χ4v) is 4.26. The van der Waals surface area contributed by atoms with E-state index in [4.69, 9.17) is 4.74 Å². The molecule has 5 nitrogen and oxygen atoms in total. The van der Waals surface area contributed by atoms with Crippen LogP contribution in [0.25, 0.3) is 10.9 Å². The molecule has 5 heteroatoms. The zero-order chi connectivity index (χ0) is 20.2. The van der Waals surface area contributed by atoms with Crippen LogP contribution >= 0.6 is 0 Å². The van der Waals surface area contributed by atoms with E-state index in [1.165, 1.54) is 5.56 Å². The number of carbonyl (C=O) groups excluding carboxylic acids is 1. The summed E-state index contributed by atoms with van der Waals surface area (Å²) >= 11 is 0. The molecule has 2 N–H and O–H groups in total. The summed E-state index contributed by atoms with van der Waals surface area (Å²) in [6.45, 7) is 4.38. The van der Waals surface area contributed by atoms with Crippen LogP contribution < -0.4 is 0 Å². The van der Waals surface area contributed by atoms with Gasteiger partial charge in [0.15, 0.2) is 0 Å². The number of aromatic amines is 1. The minimum absolute atomic E-state index is 0.230. The maximum Gasteiger partial charge on any atom is 0.340 e. The first-order valence-electron chi connectivity index (χ1n) is 10.3. The highest BCUT2D eigenvalue weighted by molar-refractivity contribution is 6.05. The van der Waals surface area contributed by atoms with Crippen molar-refractivity contribution in [2.45, 2.75) is 38.8 Å². The van der Waals surface area contributed by atoms with Crippen LogP contribution in [0.4, 0.5) is 0 Å². The van der Waals surface area contributed by atoms with Gasteiger partial charge in [-0.3, -0.25) is 4.90 Å². The van der Waals surface area contributed by atoms with Gasteiger partial charge in [0.1, 0.15) is 6.61 Å². The lowest BCUT2D eigenvalue weighted by Gasteiger charge is -2.22. The highest BCUT2D eigenvalue weighted by Gasteiger charge is 2.23. The summed E-state index contributed by atoms with van der Waals surface area (Å²) in [7, 11) is 0. The van der Waals surface area contributed by atoms with Crippen molar-refractivity contribution < 1.29 is 14.6 Å². The minimum Gasteiger partial charge on any atom is -0.457 e. The fraction of sp³-hybridized carbons (Fsp3) is 0.375. The lowest BCUT2D eigenvalue weighted by atomic mass is 10.1. The lowest BCUT2D eigenvalue weighted by molar-refractivity contribution is 0.0474. The van der Waals surface area contributed by atoms with E-state index in [1.807, 2.05) is 43.3 Å². The molecule has 1 fully saturated rings. The number of carbonyl (C=O) groups is 1. The van der Waals surface area contributed by atoms with E-state index in [-0.39, 0.29) is 25.2 Å². The van der Waals surface area contributed by atoms with Gasteiger partial charge in [0.2, 0.25) is 0 Å². The molecule has 0 aliphatic carbocycles. The van der Waals surface area contributed by atoms with Crippen LogP contribution in [0.1, 0.15) is 40.0 Å². The summed E-state index contributed by atoms with van der Waals surface area (Å²) in [4.78, 5) is 18.5. The molecule has 0 radical (unpaired) electrons. The summed E-state index contributed by atoms with van der Waals surface area (Å²) in [6, 6.07) is 16.3. The number of nitrogens with one attached hydrogen (secondary N) is 1. The molecule has 0 saturated carbocycles. The zero-order valence-electron chi connectivity index (χ0n) is 16.9. The molecule has 29 heavy (non-hydrogen) atoms. The first kappa shape index (κ1) is 19.7. The van der Waals surface area contributed by atoms with Crippen LogP contribution in [0.2, 0.25) is 0 Å². The van der Waals surface area contributed by atoms with E-state index >= 15 is 0 Å². The summed E-state index contributed by atoms with van der Waals surface area (Å²) in [6.07, 6.45) is 3.12. The third-order valence-electron chi connectivity index (χ3n) is 5.86. The van der Waals surface area contributed by atoms with E-state index in [0.29, 0.717) is 5.56 Å². The Morgan fingerprint density at radius 3 is 2.83 bits per heavy atom. The van der Waals surface area contributed by atoms with Crippen molar-refractivity contribution in [2.75, 3.05) is 19.7 Å². The van der Waals surface area contributed by atoms with Crippen LogP contribution in [-0.4, -0.2) is 46.7 Å². The second-order valence-electron chi connectivity index (χ2n) is 7.83. The molecule has 1 aromatic heterocycles. The van der Waals surface area contributed by atoms with Gasteiger partial charge in [-0.05, 0) is 56.0 Å². The molecular formula is C24H28N2O3. The molecule has 0 amide bonds. The van der Waals surface area contributed by atoms with Crippen LogP contribution in [-0.2, 0) is 17.8 Å². The number of esters is 1. The summed E-state index contributed by atoms with van der Waals surface area (Å²) in [5, 5.41) is 10.4. The molecule has 2 aromatic carbocycles. The summed E-state index contributed by atoms with van der Waals surface area (Å²) < 4.78 is 5.58. The molecule has 0 unspecified atom stereocenters. The normalized spacial score (nSPS) is 17.1. The number of ether oxygens (including phenoxy) is 1. The quantitative estimate of drug-likeness (QED) is 0.600. The van der Waals surface area contributed by atoms with Crippen LogP contribution in [0.15, 0.2) is 48.5 Å². The summed E-state index contributed by atoms with van der Waals surface area (Å²) in [5.74, 6) is -0.297. The Bertz CT molecular complexity index is 980. The molecule has 152 valence electrons. The number of hydrogen-bond acceptors (Lipinski definition) is 4. The average molecular weight is 392 g/mol. The number of nitrogens with zero attached hydrogens (tertiary/aromatic N) is 1. The van der Waals surface area contributed by atoms with Gasteiger partial charge in [-0.2, -0.15) is 0 Å². The number of hydrogen-bond donors (Lipinski definition) is 2. The smallest absolute Gasteiger partial charge is 0.340 e. The maximum atomic E-state index is 12.8. The minimum atomic E-state index is -0.297. The molecule has 1 aliphatic heterocycles. The molecule has 1 aliphatic rings. The largest absolute Gasteiger partial charge is 0.457 e. The van der Waals surface area contributed by atoms with Crippen molar-refractivity contribution in [1.82, 2.24) is 9.88 Å². The van der Waals surface area contributed by atoms with E-state index in [9.17, 15) is 9.90 Å². The number of H-pyrrole nitrogens is 1. The lowest BCUT2D eigenvalue weighted by Crippen LogP contribution is -2.33. The second kappa shape index (κ2) is 8.80. The predicted molar refractivity (Wildman–Crippen MR) is 114 cm³/mol. The molecule has 1 atom stereocenters. The average Bonchev–Trinajstić information content (AvgIpc) is 3.33. The monoisotopic (exact) mass is 392 g/mol. The highest BCUT2D eigenvalue weighted by Crippen LogP contribution is 2.25. The molecular weight excluding hydrogens is 364 g/mol. The fourth-order valence-electron chi connectivity index (χ4n) is 4.26. The molecule has 4 rings (SSSR count). The first-order chi connectivity index (χ1) is 14.2. The van der Waals surface area contributed by atoms with Gasteiger partial charge in [0.05, 0.1) is 12.2 Å². The van der Waals surface area contributed by atoms with Gasteiger partial charge in [0.25, 0.3) is 0 Å². The van der Waals surface area contributed by atoms with Crippen molar-refractivity contribution in [2.24, 2.45) is 0 Å². The molecule has 3 aromatic rings. The Morgan fingerprint density at radius 1 is 1.21 bits per heavy atom. The van der Waals surface area contributed by atoms with E-state index < -0.39 is 0 Å². The Labute approximate surface area is 171 Å². The number of fused-ring (bicyclic) bond motifs is 1. The Kier molecular flexibility index (Phi) is 5.97. The van der Waals surface area contributed by atoms with Gasteiger partial charge in [0, 0.05) is 29.2 Å². The number of benzene rings is 2. The number of aliphatic hydroxyl groups is 1. The number of likely N-dealkylation sites (tertiary alicyclic amines) is 1. The van der Waals surface area contributed by atoms with Crippen LogP contribution in [0.3, 0.4) is 0 Å². The van der Waals surface area contributed by atoms with Gasteiger partial charge in [-0.15, -0.1) is 0 Å². The van der Waals surface area contributed by atoms with Gasteiger partial charge in [-0.25, -0.2) is 4.79 Å². The second-order valence-corrected chi connectivity index (χ2v) is 7.83. The van der Waals surface area contributed by atoms with Gasteiger partial charge >= 0.3 is 5.97 Å². The van der Waals surface area contributed by atoms with E-state index in [2.05, 4.69) is 22.0 Å². The number of aliphatic hydroxyl groups excluding tert-OH is 1. The molecule has 0 bridgehead atoms. The molecule has 1 saturated heterocycles. The summed E-state index contributed by atoms with van der Waals surface area (Å²) in [5.41, 5.74) is 4.56. The Balaban J connectivity index is 1.49. The van der Waals surface area contributed by atoms with Crippen molar-refractivity contribution in [1.29, 1.82) is 0 Å². The first-order valence-corrected chi connectivity index (χ1v) is 10.3. The van der Waals surface area contributed by atoms with Crippen LogP contribution in [0, 0.1) is 6.92 Å². The third-order valence-corrected chi connectivity index (χ3v) is 5.86. The topological polar surface area (TPSA) is 65.6 Å². The van der Waals surface area contributed by atoms with E-state index in [0.717, 1.165) is 54.5 Å². The molecule has 2 heterocycles. The Hall–Kier alpha value is -2.63. The number of aryl methyl sites for hydroxylation is 1. The maximum absolute atomic E-state index is 12.8.